The highest BCUT2D eigenvalue weighted by molar-refractivity contribution is 7.80. The van der Waals surface area contributed by atoms with Crippen LogP contribution in [0.4, 0.5) is 0 Å². The van der Waals surface area contributed by atoms with Crippen molar-refractivity contribution in [3.8, 4) is 0 Å². The molecule has 1 aliphatic heterocycles. The van der Waals surface area contributed by atoms with Crippen molar-refractivity contribution < 1.29 is 4.79 Å². The van der Waals surface area contributed by atoms with Crippen LogP contribution in [0.15, 0.2) is 0 Å². The van der Waals surface area contributed by atoms with E-state index in [9.17, 15) is 4.79 Å². The van der Waals surface area contributed by atoms with Crippen molar-refractivity contribution in [2.75, 3.05) is 27.2 Å². The fourth-order valence-electron chi connectivity index (χ4n) is 2.13. The molecule has 1 amide bonds. The Balaban J connectivity index is 2.75. The van der Waals surface area contributed by atoms with E-state index >= 15 is 0 Å². The fourth-order valence-corrected chi connectivity index (χ4v) is 2.36. The molecule has 0 bridgehead atoms. The number of nitrogens with zero attached hydrogens (tertiary/aromatic N) is 2. The van der Waals surface area contributed by atoms with Crippen molar-refractivity contribution in [2.45, 2.75) is 32.7 Å². The molecular formula is C12H23N3OS. The number of carbonyl (C=O) groups is 1. The number of likely N-dealkylation sites (N-methyl/N-ethyl adjacent to an activating group) is 1. The van der Waals surface area contributed by atoms with Crippen LogP contribution in [0.2, 0.25) is 0 Å². The number of likely N-dealkylation sites (tertiary alicyclic amines) is 1. The van der Waals surface area contributed by atoms with Crippen molar-refractivity contribution in [3.05, 3.63) is 0 Å². The molecule has 1 saturated heterocycles. The SMILES string of the molecule is CCC(C)(C(=O)N1CCC(N(C)C)C1)C(N)=S. The van der Waals surface area contributed by atoms with Gasteiger partial charge in [0.05, 0.1) is 10.4 Å². The second-order valence-electron chi connectivity index (χ2n) is 5.21. The van der Waals surface area contributed by atoms with Gasteiger partial charge in [-0.15, -0.1) is 0 Å². The van der Waals surface area contributed by atoms with Crippen LogP contribution in [0.3, 0.4) is 0 Å². The molecule has 2 atom stereocenters. The van der Waals surface area contributed by atoms with E-state index in [1.165, 1.54) is 0 Å². The van der Waals surface area contributed by atoms with E-state index in [2.05, 4.69) is 4.90 Å². The second-order valence-corrected chi connectivity index (χ2v) is 5.65. The zero-order chi connectivity index (χ0) is 13.2. The summed E-state index contributed by atoms with van der Waals surface area (Å²) in [4.78, 5) is 16.8. The lowest BCUT2D eigenvalue weighted by atomic mass is 9.86. The minimum absolute atomic E-state index is 0.0804. The van der Waals surface area contributed by atoms with Crippen LogP contribution in [-0.4, -0.2) is 53.9 Å². The van der Waals surface area contributed by atoms with Crippen LogP contribution in [-0.2, 0) is 4.79 Å². The van der Waals surface area contributed by atoms with E-state index in [-0.39, 0.29) is 5.91 Å². The van der Waals surface area contributed by atoms with Gasteiger partial charge in [-0.05, 0) is 33.9 Å². The number of carbonyl (C=O) groups excluding carboxylic acids is 1. The van der Waals surface area contributed by atoms with Crippen molar-refractivity contribution >= 4 is 23.1 Å². The van der Waals surface area contributed by atoms with E-state index < -0.39 is 5.41 Å². The highest BCUT2D eigenvalue weighted by Gasteiger charge is 2.40. The summed E-state index contributed by atoms with van der Waals surface area (Å²) < 4.78 is 0. The van der Waals surface area contributed by atoms with Crippen LogP contribution in [0.5, 0.6) is 0 Å². The predicted octanol–water partition coefficient (Wildman–Crippen LogP) is 0.851. The van der Waals surface area contributed by atoms with Crippen molar-refractivity contribution in [2.24, 2.45) is 11.1 Å². The molecule has 0 radical (unpaired) electrons. The molecule has 1 aliphatic rings. The Kier molecular flexibility index (Phi) is 4.49. The summed E-state index contributed by atoms with van der Waals surface area (Å²) in [7, 11) is 4.09. The molecule has 2 N–H and O–H groups in total. The molecule has 0 aromatic heterocycles. The summed E-state index contributed by atoms with van der Waals surface area (Å²) in [5.41, 5.74) is 5.03. The normalized spacial score (nSPS) is 23.8. The van der Waals surface area contributed by atoms with Crippen LogP contribution >= 0.6 is 12.2 Å². The van der Waals surface area contributed by atoms with E-state index in [0.29, 0.717) is 17.5 Å². The highest BCUT2D eigenvalue weighted by atomic mass is 32.1. The van der Waals surface area contributed by atoms with E-state index in [4.69, 9.17) is 18.0 Å². The molecule has 0 aromatic carbocycles. The Bertz CT molecular complexity index is 319. The summed E-state index contributed by atoms with van der Waals surface area (Å²) >= 11 is 5.04. The largest absolute Gasteiger partial charge is 0.392 e. The maximum atomic E-state index is 12.4. The first kappa shape index (κ1) is 14.4. The Labute approximate surface area is 109 Å². The van der Waals surface area contributed by atoms with Gasteiger partial charge in [-0.2, -0.15) is 0 Å². The van der Waals surface area contributed by atoms with Crippen molar-refractivity contribution in [1.29, 1.82) is 0 Å². The summed E-state index contributed by atoms with van der Waals surface area (Å²) in [5, 5.41) is 0. The summed E-state index contributed by atoms with van der Waals surface area (Å²) in [6, 6.07) is 0.450. The van der Waals surface area contributed by atoms with Crippen molar-refractivity contribution in [1.82, 2.24) is 9.80 Å². The van der Waals surface area contributed by atoms with E-state index in [1.54, 1.807) is 0 Å². The molecule has 2 unspecified atom stereocenters. The first-order valence-corrected chi connectivity index (χ1v) is 6.49. The Hall–Kier alpha value is -0.680. The molecule has 1 heterocycles. The Morgan fingerprint density at radius 3 is 2.53 bits per heavy atom. The van der Waals surface area contributed by atoms with Crippen LogP contribution in [0, 0.1) is 5.41 Å². The number of rotatable bonds is 4. The quantitative estimate of drug-likeness (QED) is 0.759. The molecular weight excluding hydrogens is 234 g/mol. The molecule has 0 aromatic rings. The number of hydrogen-bond acceptors (Lipinski definition) is 3. The second kappa shape index (κ2) is 5.31. The van der Waals surface area contributed by atoms with Gasteiger partial charge in [0, 0.05) is 19.1 Å². The van der Waals surface area contributed by atoms with Gasteiger partial charge in [-0.25, -0.2) is 0 Å². The third-order valence-corrected chi connectivity index (χ3v) is 4.35. The lowest BCUT2D eigenvalue weighted by molar-refractivity contribution is -0.136. The summed E-state index contributed by atoms with van der Waals surface area (Å²) in [6.45, 7) is 5.39. The number of amides is 1. The molecule has 4 nitrogen and oxygen atoms in total. The molecule has 0 saturated carbocycles. The lowest BCUT2D eigenvalue weighted by Crippen LogP contribution is -2.48. The van der Waals surface area contributed by atoms with E-state index in [0.717, 1.165) is 19.5 Å². The molecule has 17 heavy (non-hydrogen) atoms. The number of nitrogens with two attached hydrogens (primary N) is 1. The summed E-state index contributed by atoms with van der Waals surface area (Å²) in [5.74, 6) is 0.0804. The molecule has 0 spiro atoms. The zero-order valence-corrected chi connectivity index (χ0v) is 12.0. The standard InChI is InChI=1S/C12H23N3OS/c1-5-12(2,10(13)17)11(16)15-7-6-9(8-15)14(3)4/h9H,5-8H2,1-4H3,(H2,13,17). The monoisotopic (exact) mass is 257 g/mol. The van der Waals surface area contributed by atoms with E-state index in [1.807, 2.05) is 32.8 Å². The minimum atomic E-state index is -0.684. The zero-order valence-electron chi connectivity index (χ0n) is 11.2. The average molecular weight is 257 g/mol. The third kappa shape index (κ3) is 2.77. The van der Waals surface area contributed by atoms with Gasteiger partial charge in [0.2, 0.25) is 5.91 Å². The highest BCUT2D eigenvalue weighted by Crippen LogP contribution is 2.27. The molecule has 98 valence electrons. The van der Waals surface area contributed by atoms with Crippen LogP contribution in [0.1, 0.15) is 26.7 Å². The molecule has 5 heteroatoms. The van der Waals surface area contributed by atoms with Crippen molar-refractivity contribution in [3.63, 3.8) is 0 Å². The first-order valence-electron chi connectivity index (χ1n) is 6.08. The van der Waals surface area contributed by atoms with Crippen LogP contribution < -0.4 is 5.73 Å². The smallest absolute Gasteiger partial charge is 0.235 e. The minimum Gasteiger partial charge on any atom is -0.392 e. The molecule has 1 rings (SSSR count). The topological polar surface area (TPSA) is 49.6 Å². The maximum Gasteiger partial charge on any atom is 0.235 e. The Morgan fingerprint density at radius 1 is 1.59 bits per heavy atom. The number of hydrogen-bond donors (Lipinski definition) is 1. The maximum absolute atomic E-state index is 12.4. The third-order valence-electron chi connectivity index (χ3n) is 3.90. The Morgan fingerprint density at radius 2 is 2.18 bits per heavy atom. The van der Waals surface area contributed by atoms with Gasteiger partial charge in [0.1, 0.15) is 0 Å². The van der Waals surface area contributed by atoms with Gasteiger partial charge >= 0.3 is 0 Å². The molecule has 1 fully saturated rings. The van der Waals surface area contributed by atoms with Gasteiger partial charge < -0.3 is 15.5 Å². The van der Waals surface area contributed by atoms with Gasteiger partial charge in [0.15, 0.2) is 0 Å². The average Bonchev–Trinajstić information content (AvgIpc) is 2.75. The van der Waals surface area contributed by atoms with Gasteiger partial charge in [0.25, 0.3) is 0 Å². The van der Waals surface area contributed by atoms with Gasteiger partial charge in [-0.3, -0.25) is 4.79 Å². The molecule has 0 aliphatic carbocycles. The van der Waals surface area contributed by atoms with Gasteiger partial charge in [-0.1, -0.05) is 19.1 Å². The lowest BCUT2D eigenvalue weighted by Gasteiger charge is -2.31. The number of thiocarbonyl (C=S) groups is 1. The van der Waals surface area contributed by atoms with Crippen LogP contribution in [0.25, 0.3) is 0 Å². The predicted molar refractivity (Wildman–Crippen MR) is 73.9 cm³/mol. The first-order chi connectivity index (χ1) is 7.82. The fraction of sp³-hybridized carbons (Fsp3) is 0.833. The summed E-state index contributed by atoms with van der Waals surface area (Å²) in [6.07, 6.45) is 1.68.